The third-order valence-corrected chi connectivity index (χ3v) is 4.56. The van der Waals surface area contributed by atoms with Crippen LogP contribution in [0.4, 0.5) is 5.82 Å². The highest BCUT2D eigenvalue weighted by atomic mass is 16.3. The van der Waals surface area contributed by atoms with Crippen molar-refractivity contribution in [3.8, 4) is 0 Å². The third kappa shape index (κ3) is 4.57. The predicted molar refractivity (Wildman–Crippen MR) is 95.1 cm³/mol. The molecule has 0 N–H and O–H groups in total. The summed E-state index contributed by atoms with van der Waals surface area (Å²) >= 11 is 0. The summed E-state index contributed by atoms with van der Waals surface area (Å²) in [5, 5.41) is 8.20. The van der Waals surface area contributed by atoms with Gasteiger partial charge in [0.05, 0.1) is 19.4 Å². The minimum Gasteiger partial charge on any atom is -0.467 e. The molecule has 1 fully saturated rings. The van der Waals surface area contributed by atoms with Crippen molar-refractivity contribution in [2.75, 3.05) is 38.6 Å². The predicted octanol–water partition coefficient (Wildman–Crippen LogP) is 1.63. The Hall–Kier alpha value is -2.41. The molecule has 0 saturated carbocycles. The number of aromatic nitrogens is 2. The molecule has 1 atom stereocenters. The second kappa shape index (κ2) is 8.11. The highest BCUT2D eigenvalue weighted by Crippen LogP contribution is 2.23. The Balaban J connectivity index is 1.51. The van der Waals surface area contributed by atoms with Crippen molar-refractivity contribution < 1.29 is 9.21 Å². The van der Waals surface area contributed by atoms with Crippen LogP contribution in [-0.4, -0.2) is 65.7 Å². The van der Waals surface area contributed by atoms with E-state index in [9.17, 15) is 4.79 Å². The topological polar surface area (TPSA) is 65.7 Å². The molecule has 0 spiro atoms. The maximum absolute atomic E-state index is 12.4. The number of anilines is 1. The number of furan rings is 1. The maximum Gasteiger partial charge on any atom is 0.236 e. The average molecular weight is 343 g/mol. The van der Waals surface area contributed by atoms with E-state index in [0.29, 0.717) is 19.1 Å². The number of carbonyl (C=O) groups excluding carboxylic acids is 1. The van der Waals surface area contributed by atoms with E-state index in [1.54, 1.807) is 24.4 Å². The quantitative estimate of drug-likeness (QED) is 0.761. The minimum atomic E-state index is 0.0861. The van der Waals surface area contributed by atoms with Crippen molar-refractivity contribution in [3.63, 3.8) is 0 Å². The van der Waals surface area contributed by atoms with Crippen LogP contribution >= 0.6 is 0 Å². The molecule has 0 radical (unpaired) electrons. The van der Waals surface area contributed by atoms with Gasteiger partial charge in [-0.25, -0.2) is 0 Å². The summed E-state index contributed by atoms with van der Waals surface area (Å²) in [6, 6.07) is 7.98. The number of hydrogen-bond acceptors (Lipinski definition) is 6. The van der Waals surface area contributed by atoms with Crippen LogP contribution in [0.25, 0.3) is 0 Å². The van der Waals surface area contributed by atoms with E-state index in [4.69, 9.17) is 4.42 Å². The van der Waals surface area contributed by atoms with Gasteiger partial charge in [0, 0.05) is 32.4 Å². The van der Waals surface area contributed by atoms with Gasteiger partial charge >= 0.3 is 0 Å². The van der Waals surface area contributed by atoms with Gasteiger partial charge in [0.2, 0.25) is 5.91 Å². The molecule has 7 nitrogen and oxygen atoms in total. The molecule has 0 aromatic carbocycles. The molecular formula is C18H25N5O2. The maximum atomic E-state index is 12.4. The summed E-state index contributed by atoms with van der Waals surface area (Å²) in [5.41, 5.74) is 0. The molecule has 1 aliphatic heterocycles. The average Bonchev–Trinajstić information content (AvgIpc) is 3.27. The van der Waals surface area contributed by atoms with E-state index in [1.165, 1.54) is 0 Å². The lowest BCUT2D eigenvalue weighted by Gasteiger charge is -2.29. The van der Waals surface area contributed by atoms with Gasteiger partial charge in [-0.1, -0.05) is 0 Å². The molecular weight excluding hydrogens is 318 g/mol. The van der Waals surface area contributed by atoms with Crippen molar-refractivity contribution >= 4 is 11.7 Å². The van der Waals surface area contributed by atoms with E-state index in [0.717, 1.165) is 37.5 Å². The Labute approximate surface area is 148 Å². The molecule has 2 aromatic heterocycles. The molecule has 1 aliphatic rings. The van der Waals surface area contributed by atoms with Crippen molar-refractivity contribution in [2.45, 2.75) is 25.4 Å². The Morgan fingerprint density at radius 1 is 1.36 bits per heavy atom. The number of rotatable bonds is 7. The van der Waals surface area contributed by atoms with E-state index >= 15 is 0 Å². The fourth-order valence-corrected chi connectivity index (χ4v) is 3.27. The normalized spacial score (nSPS) is 17.2. The molecule has 25 heavy (non-hydrogen) atoms. The van der Waals surface area contributed by atoms with E-state index in [-0.39, 0.29) is 5.91 Å². The van der Waals surface area contributed by atoms with Crippen molar-refractivity contribution in [1.29, 1.82) is 0 Å². The summed E-state index contributed by atoms with van der Waals surface area (Å²) in [4.78, 5) is 18.5. The molecule has 1 amide bonds. The Bertz CT molecular complexity index is 661. The highest BCUT2D eigenvalue weighted by Gasteiger charge is 2.27. The summed E-state index contributed by atoms with van der Waals surface area (Å²) in [6.45, 7) is 2.71. The standard InChI is InChI=1S/C18H25N5O2/c1-21(14-18(24)22(2)13-16-7-5-11-25-16)12-15-6-4-10-23(15)17-8-3-9-19-20-17/h3,5,7-9,11,15H,4,6,10,12-14H2,1-2H3/t15-/m1/s1. The summed E-state index contributed by atoms with van der Waals surface area (Å²) in [6.07, 6.45) is 5.56. The molecule has 1 saturated heterocycles. The molecule has 0 unspecified atom stereocenters. The van der Waals surface area contributed by atoms with Crippen LogP contribution in [0.1, 0.15) is 18.6 Å². The van der Waals surface area contributed by atoms with Crippen LogP contribution < -0.4 is 4.90 Å². The Morgan fingerprint density at radius 3 is 2.96 bits per heavy atom. The van der Waals surface area contributed by atoms with Gasteiger partial charge in [-0.2, -0.15) is 5.10 Å². The lowest BCUT2D eigenvalue weighted by atomic mass is 10.2. The molecule has 2 aromatic rings. The third-order valence-electron chi connectivity index (χ3n) is 4.56. The van der Waals surface area contributed by atoms with Gasteiger partial charge in [0.25, 0.3) is 0 Å². The van der Waals surface area contributed by atoms with Gasteiger partial charge in [0.15, 0.2) is 5.82 Å². The van der Waals surface area contributed by atoms with Crippen LogP contribution in [0.3, 0.4) is 0 Å². The molecule has 134 valence electrons. The number of amides is 1. The molecule has 0 aliphatic carbocycles. The first-order valence-corrected chi connectivity index (χ1v) is 8.62. The van der Waals surface area contributed by atoms with Crippen molar-refractivity contribution in [3.05, 3.63) is 42.5 Å². The zero-order valence-electron chi connectivity index (χ0n) is 14.8. The zero-order chi connectivity index (χ0) is 17.6. The molecule has 0 bridgehead atoms. The van der Waals surface area contributed by atoms with Crippen molar-refractivity contribution in [1.82, 2.24) is 20.0 Å². The molecule has 3 heterocycles. The summed E-state index contributed by atoms with van der Waals surface area (Å²) < 4.78 is 5.30. The van der Waals surface area contributed by atoms with E-state index in [1.807, 2.05) is 31.3 Å². The van der Waals surface area contributed by atoms with Gasteiger partial charge in [-0.05, 0) is 44.2 Å². The Morgan fingerprint density at radius 2 is 2.24 bits per heavy atom. The molecule has 3 rings (SSSR count). The Kier molecular flexibility index (Phi) is 5.65. The fraction of sp³-hybridized carbons (Fsp3) is 0.500. The van der Waals surface area contributed by atoms with Crippen LogP contribution in [0, 0.1) is 0 Å². The first kappa shape index (κ1) is 17.4. The zero-order valence-corrected chi connectivity index (χ0v) is 14.8. The number of likely N-dealkylation sites (N-methyl/N-ethyl adjacent to an activating group) is 2. The SMILES string of the molecule is CN(CC(=O)N(C)Cc1ccco1)C[C@H]1CCCN1c1cccnn1. The first-order valence-electron chi connectivity index (χ1n) is 8.62. The summed E-state index contributed by atoms with van der Waals surface area (Å²) in [7, 11) is 3.80. The van der Waals surface area contributed by atoms with Gasteiger partial charge in [0.1, 0.15) is 5.76 Å². The fourth-order valence-electron chi connectivity index (χ4n) is 3.27. The monoisotopic (exact) mass is 343 g/mol. The minimum absolute atomic E-state index is 0.0861. The second-order valence-electron chi connectivity index (χ2n) is 6.60. The number of nitrogens with zero attached hydrogens (tertiary/aromatic N) is 5. The van der Waals surface area contributed by atoms with Crippen LogP contribution in [0.2, 0.25) is 0 Å². The highest BCUT2D eigenvalue weighted by molar-refractivity contribution is 5.77. The van der Waals surface area contributed by atoms with Crippen molar-refractivity contribution in [2.24, 2.45) is 0 Å². The lowest BCUT2D eigenvalue weighted by molar-refractivity contribution is -0.131. The van der Waals surface area contributed by atoms with Gasteiger partial charge < -0.3 is 14.2 Å². The first-order chi connectivity index (χ1) is 12.1. The van der Waals surface area contributed by atoms with E-state index in [2.05, 4.69) is 20.0 Å². The van der Waals surface area contributed by atoms with Gasteiger partial charge in [-0.3, -0.25) is 9.69 Å². The largest absolute Gasteiger partial charge is 0.467 e. The summed E-state index contributed by atoms with van der Waals surface area (Å²) in [5.74, 6) is 1.80. The van der Waals surface area contributed by atoms with Gasteiger partial charge in [-0.15, -0.1) is 5.10 Å². The van der Waals surface area contributed by atoms with Crippen LogP contribution in [-0.2, 0) is 11.3 Å². The number of hydrogen-bond donors (Lipinski definition) is 0. The van der Waals surface area contributed by atoms with E-state index < -0.39 is 0 Å². The van der Waals surface area contributed by atoms with Crippen LogP contribution in [0.5, 0.6) is 0 Å². The smallest absolute Gasteiger partial charge is 0.236 e. The second-order valence-corrected chi connectivity index (χ2v) is 6.60. The molecule has 7 heteroatoms. The van der Waals surface area contributed by atoms with Crippen LogP contribution in [0.15, 0.2) is 41.1 Å². The number of carbonyl (C=O) groups is 1. The lowest BCUT2D eigenvalue weighted by Crippen LogP contribution is -2.43.